The molecule has 0 aromatic heterocycles. The number of benzene rings is 2. The zero-order valence-electron chi connectivity index (χ0n) is 16.9. The first-order chi connectivity index (χ1) is 12.8. The maximum Gasteiger partial charge on any atom is 0.309 e. The number of ether oxygens (including phenoxy) is 2. The van der Waals surface area contributed by atoms with E-state index in [1.807, 2.05) is 71.0 Å². The van der Waals surface area contributed by atoms with E-state index in [-0.39, 0.29) is 18.5 Å². The molecular formula is C22H28N2O3. The molecule has 0 heterocycles. The summed E-state index contributed by atoms with van der Waals surface area (Å²) in [5.41, 5.74) is 4.82. The molecule has 0 aliphatic heterocycles. The van der Waals surface area contributed by atoms with E-state index < -0.39 is 0 Å². The van der Waals surface area contributed by atoms with Gasteiger partial charge in [-0.15, -0.1) is 0 Å². The highest BCUT2D eigenvalue weighted by Gasteiger charge is 2.09. The summed E-state index contributed by atoms with van der Waals surface area (Å²) in [6.07, 6.45) is 0.394. The van der Waals surface area contributed by atoms with Crippen molar-refractivity contribution in [2.24, 2.45) is 4.99 Å². The highest BCUT2D eigenvalue weighted by molar-refractivity contribution is 5.95. The van der Waals surface area contributed by atoms with Crippen LogP contribution in [0.5, 0.6) is 5.75 Å². The van der Waals surface area contributed by atoms with Crippen LogP contribution in [0.3, 0.4) is 0 Å². The average Bonchev–Trinajstić information content (AvgIpc) is 2.60. The monoisotopic (exact) mass is 368 g/mol. The lowest BCUT2D eigenvalue weighted by Gasteiger charge is -2.12. The fourth-order valence-electron chi connectivity index (χ4n) is 2.73. The first-order valence-electron chi connectivity index (χ1n) is 9.04. The van der Waals surface area contributed by atoms with E-state index in [0.29, 0.717) is 0 Å². The van der Waals surface area contributed by atoms with E-state index in [1.54, 1.807) is 0 Å². The van der Waals surface area contributed by atoms with Gasteiger partial charge in [-0.3, -0.25) is 4.79 Å². The number of carbonyl (C=O) groups excluding carboxylic acids is 1. The van der Waals surface area contributed by atoms with Gasteiger partial charge in [-0.1, -0.05) is 6.07 Å². The molecule has 0 amide bonds. The van der Waals surface area contributed by atoms with Gasteiger partial charge in [-0.2, -0.15) is 0 Å². The molecule has 27 heavy (non-hydrogen) atoms. The Morgan fingerprint density at radius 3 is 2.37 bits per heavy atom. The number of anilines is 1. The number of nitrogens with zero attached hydrogens (tertiary/aromatic N) is 1. The number of aryl methyl sites for hydroxylation is 2. The lowest BCUT2D eigenvalue weighted by molar-refractivity contribution is -0.139. The zero-order valence-corrected chi connectivity index (χ0v) is 16.9. The number of methoxy groups -OCH3 is 1. The van der Waals surface area contributed by atoms with Crippen LogP contribution >= 0.6 is 0 Å². The number of rotatable bonds is 6. The van der Waals surface area contributed by atoms with Crippen molar-refractivity contribution in [3.63, 3.8) is 0 Å². The fraction of sp³-hybridized carbons (Fsp3) is 0.364. The number of nitrogens with one attached hydrogen (secondary N) is 1. The summed E-state index contributed by atoms with van der Waals surface area (Å²) in [5, 5.41) is 3.29. The second-order valence-electron chi connectivity index (χ2n) is 6.83. The molecule has 0 saturated carbocycles. The lowest BCUT2D eigenvalue weighted by Crippen LogP contribution is -2.08. The van der Waals surface area contributed by atoms with Crippen molar-refractivity contribution in [1.29, 1.82) is 0 Å². The van der Waals surface area contributed by atoms with Gasteiger partial charge < -0.3 is 14.8 Å². The van der Waals surface area contributed by atoms with Gasteiger partial charge in [0.05, 0.1) is 25.3 Å². The van der Waals surface area contributed by atoms with Gasteiger partial charge in [-0.25, -0.2) is 4.99 Å². The van der Waals surface area contributed by atoms with E-state index in [1.165, 1.54) is 7.11 Å². The van der Waals surface area contributed by atoms with Crippen molar-refractivity contribution in [3.05, 3.63) is 53.1 Å². The molecular weight excluding hydrogens is 340 g/mol. The molecule has 1 N–H and O–H groups in total. The Morgan fingerprint density at radius 2 is 1.78 bits per heavy atom. The maximum absolute atomic E-state index is 11.6. The van der Waals surface area contributed by atoms with Crippen LogP contribution in [-0.4, -0.2) is 25.0 Å². The average molecular weight is 368 g/mol. The van der Waals surface area contributed by atoms with E-state index in [0.717, 1.165) is 39.7 Å². The molecule has 0 fully saturated rings. The number of amidine groups is 1. The highest BCUT2D eigenvalue weighted by atomic mass is 16.5. The van der Waals surface area contributed by atoms with Crippen LogP contribution in [0.15, 0.2) is 41.4 Å². The normalized spacial score (nSPS) is 11.4. The Balaban J connectivity index is 2.17. The molecule has 0 spiro atoms. The zero-order chi connectivity index (χ0) is 20.0. The second kappa shape index (κ2) is 9.21. The van der Waals surface area contributed by atoms with Crippen molar-refractivity contribution >= 4 is 23.2 Å². The Kier molecular flexibility index (Phi) is 6.99. The van der Waals surface area contributed by atoms with Crippen LogP contribution in [-0.2, 0) is 16.0 Å². The molecule has 2 aromatic rings. The second-order valence-corrected chi connectivity index (χ2v) is 6.83. The van der Waals surface area contributed by atoms with E-state index in [4.69, 9.17) is 9.47 Å². The van der Waals surface area contributed by atoms with Crippen molar-refractivity contribution in [3.8, 4) is 5.75 Å². The molecule has 5 nitrogen and oxygen atoms in total. The minimum Gasteiger partial charge on any atom is -0.491 e. The van der Waals surface area contributed by atoms with Crippen molar-refractivity contribution < 1.29 is 14.3 Å². The Morgan fingerprint density at radius 1 is 1.11 bits per heavy atom. The third kappa shape index (κ3) is 6.13. The third-order valence-corrected chi connectivity index (χ3v) is 4.06. The molecule has 0 saturated heterocycles. The summed E-state index contributed by atoms with van der Waals surface area (Å²) in [6, 6.07) is 11.8. The van der Waals surface area contributed by atoms with Crippen LogP contribution in [0.4, 0.5) is 11.4 Å². The Hall–Kier alpha value is -2.82. The molecule has 2 rings (SSSR count). The molecule has 0 aliphatic carbocycles. The number of carbonyl (C=O) groups is 1. The van der Waals surface area contributed by atoms with Crippen molar-refractivity contribution in [2.45, 2.75) is 47.1 Å². The van der Waals surface area contributed by atoms with Crippen LogP contribution in [0, 0.1) is 13.8 Å². The van der Waals surface area contributed by atoms with E-state index in [9.17, 15) is 4.79 Å². The predicted molar refractivity (Wildman–Crippen MR) is 110 cm³/mol. The minimum atomic E-state index is -0.254. The quantitative estimate of drug-likeness (QED) is 0.444. The summed E-state index contributed by atoms with van der Waals surface area (Å²) in [6.45, 7) is 9.92. The first-order valence-corrected chi connectivity index (χ1v) is 9.04. The molecule has 0 unspecified atom stereocenters. The molecule has 0 radical (unpaired) electrons. The topological polar surface area (TPSA) is 59.9 Å². The minimum absolute atomic E-state index is 0.149. The summed E-state index contributed by atoms with van der Waals surface area (Å²) >= 11 is 0. The van der Waals surface area contributed by atoms with Crippen LogP contribution < -0.4 is 10.1 Å². The standard InChI is InChI=1S/C22H28N2O3/c1-14(2)27-20-9-7-19(8-10-20)23-17(5)24-21-12-18(13-22(25)26-6)15(3)11-16(21)4/h7-12,14H,13H2,1-6H3,(H,23,24). The predicted octanol–water partition coefficient (Wildman–Crippen LogP) is 4.97. The molecule has 0 aliphatic rings. The van der Waals surface area contributed by atoms with Gasteiger partial charge in [0.2, 0.25) is 0 Å². The van der Waals surface area contributed by atoms with Gasteiger partial charge in [0.1, 0.15) is 11.6 Å². The van der Waals surface area contributed by atoms with E-state index >= 15 is 0 Å². The number of esters is 1. The summed E-state index contributed by atoms with van der Waals surface area (Å²) in [4.78, 5) is 16.3. The van der Waals surface area contributed by atoms with Gasteiger partial charge in [0.15, 0.2) is 0 Å². The molecule has 2 aromatic carbocycles. The van der Waals surface area contributed by atoms with Crippen LogP contribution in [0.1, 0.15) is 37.5 Å². The summed E-state index contributed by atoms with van der Waals surface area (Å²) < 4.78 is 10.4. The van der Waals surface area contributed by atoms with Gasteiger partial charge in [0.25, 0.3) is 0 Å². The first kappa shape index (κ1) is 20.5. The number of aliphatic imine (C=N–C) groups is 1. The summed E-state index contributed by atoms with van der Waals surface area (Å²) in [7, 11) is 1.40. The fourth-order valence-corrected chi connectivity index (χ4v) is 2.73. The molecule has 5 heteroatoms. The van der Waals surface area contributed by atoms with Gasteiger partial charge in [0, 0.05) is 5.69 Å². The van der Waals surface area contributed by atoms with Gasteiger partial charge in [-0.05, 0) is 81.6 Å². The Labute approximate surface area is 161 Å². The van der Waals surface area contributed by atoms with Crippen molar-refractivity contribution in [1.82, 2.24) is 0 Å². The summed E-state index contributed by atoms with van der Waals surface area (Å²) in [5.74, 6) is 1.35. The highest BCUT2D eigenvalue weighted by Crippen LogP contribution is 2.25. The largest absolute Gasteiger partial charge is 0.491 e. The third-order valence-electron chi connectivity index (χ3n) is 4.06. The number of hydrogen-bond acceptors (Lipinski definition) is 4. The van der Waals surface area contributed by atoms with Gasteiger partial charge >= 0.3 is 5.97 Å². The van der Waals surface area contributed by atoms with Crippen LogP contribution in [0.2, 0.25) is 0 Å². The maximum atomic E-state index is 11.6. The lowest BCUT2D eigenvalue weighted by atomic mass is 10.0. The molecule has 0 atom stereocenters. The Bertz CT molecular complexity index is 824. The smallest absolute Gasteiger partial charge is 0.309 e. The van der Waals surface area contributed by atoms with E-state index in [2.05, 4.69) is 10.3 Å². The molecule has 0 bridgehead atoms. The van der Waals surface area contributed by atoms with Crippen molar-refractivity contribution in [2.75, 3.05) is 12.4 Å². The number of hydrogen-bond donors (Lipinski definition) is 1. The SMILES string of the molecule is COC(=O)Cc1cc(/N=C(\C)Nc2ccc(OC(C)C)cc2)c(C)cc1C. The van der Waals surface area contributed by atoms with Crippen LogP contribution in [0.25, 0.3) is 0 Å². The molecule has 144 valence electrons.